The number of carbonyl (C=O) groups is 1. The Kier molecular flexibility index (Phi) is 3.08. The molecule has 0 heterocycles. The Balaban J connectivity index is 2.34. The van der Waals surface area contributed by atoms with Crippen LogP contribution in [0.3, 0.4) is 0 Å². The molecule has 0 spiro atoms. The van der Waals surface area contributed by atoms with Crippen LogP contribution in [0.4, 0.5) is 9.18 Å². The number of halogens is 1. The van der Waals surface area contributed by atoms with E-state index in [9.17, 15) is 9.18 Å². The van der Waals surface area contributed by atoms with Crippen LogP contribution in [0.15, 0.2) is 0 Å². The average molecular weight is 191 g/mol. The molecular weight excluding hydrogens is 177 g/mol. The van der Waals surface area contributed by atoms with E-state index >= 15 is 0 Å². The van der Waals surface area contributed by atoms with Crippen LogP contribution in [-0.2, 0) is 4.74 Å². The molecular formula is C8H14FNO3. The van der Waals surface area contributed by atoms with Crippen LogP contribution in [0, 0.1) is 0 Å². The first kappa shape index (κ1) is 10.2. The average Bonchev–Trinajstić information content (AvgIpc) is 2.08. The molecule has 1 aliphatic rings. The number of carbonyl (C=O) groups excluding carboxylic acids is 1. The maximum Gasteiger partial charge on any atom is 0.404 e. The van der Waals surface area contributed by atoms with E-state index in [4.69, 9.17) is 10.8 Å². The van der Waals surface area contributed by atoms with E-state index in [0.717, 1.165) is 0 Å². The Morgan fingerprint density at radius 3 is 2.62 bits per heavy atom. The van der Waals surface area contributed by atoms with Crippen molar-refractivity contribution in [3.05, 3.63) is 0 Å². The van der Waals surface area contributed by atoms with Gasteiger partial charge in [-0.15, -0.1) is 0 Å². The number of aliphatic hydroxyl groups is 1. The van der Waals surface area contributed by atoms with Crippen molar-refractivity contribution in [2.24, 2.45) is 5.73 Å². The summed E-state index contributed by atoms with van der Waals surface area (Å²) in [7, 11) is 0. The molecule has 5 heteroatoms. The summed E-state index contributed by atoms with van der Waals surface area (Å²) in [6.45, 7) is -0.297. The number of nitrogens with two attached hydrogens (primary N) is 1. The molecule has 1 rings (SSSR count). The van der Waals surface area contributed by atoms with Gasteiger partial charge in [-0.1, -0.05) is 0 Å². The predicted molar refractivity (Wildman–Crippen MR) is 43.8 cm³/mol. The normalized spacial score (nSPS) is 34.2. The van der Waals surface area contributed by atoms with Gasteiger partial charge in [-0.2, -0.15) is 0 Å². The molecule has 0 unspecified atom stereocenters. The summed E-state index contributed by atoms with van der Waals surface area (Å²) in [6.07, 6.45) is -0.0965. The molecule has 0 saturated heterocycles. The number of amides is 1. The molecule has 0 aromatic rings. The lowest BCUT2D eigenvalue weighted by molar-refractivity contribution is -0.00927. The number of hydrogen-bond donors (Lipinski definition) is 2. The number of primary amides is 1. The number of aliphatic hydroxyl groups excluding tert-OH is 1. The fourth-order valence-electron chi connectivity index (χ4n) is 1.46. The monoisotopic (exact) mass is 191 g/mol. The first-order valence-electron chi connectivity index (χ1n) is 4.31. The lowest BCUT2D eigenvalue weighted by Crippen LogP contribution is -2.37. The van der Waals surface area contributed by atoms with Crippen molar-refractivity contribution >= 4 is 6.09 Å². The lowest BCUT2D eigenvalue weighted by Gasteiger charge is -2.30. The van der Waals surface area contributed by atoms with Crippen LogP contribution >= 0.6 is 0 Å². The summed E-state index contributed by atoms with van der Waals surface area (Å²) in [4.78, 5) is 10.2. The molecule has 0 bridgehead atoms. The zero-order valence-corrected chi connectivity index (χ0v) is 7.33. The Morgan fingerprint density at radius 2 is 2.15 bits per heavy atom. The van der Waals surface area contributed by atoms with Crippen molar-refractivity contribution in [1.82, 2.24) is 0 Å². The van der Waals surface area contributed by atoms with E-state index in [1.165, 1.54) is 0 Å². The predicted octanol–water partition coefficient (Wildman–Crippen LogP) is 0.725. The summed E-state index contributed by atoms with van der Waals surface area (Å²) in [6, 6.07) is 0. The van der Waals surface area contributed by atoms with Gasteiger partial charge in [0, 0.05) is 0 Å². The molecule has 0 atom stereocenters. The highest BCUT2D eigenvalue weighted by molar-refractivity contribution is 5.64. The van der Waals surface area contributed by atoms with Gasteiger partial charge in [0.15, 0.2) is 0 Å². The van der Waals surface area contributed by atoms with Crippen molar-refractivity contribution in [2.75, 3.05) is 6.61 Å². The second-order valence-corrected chi connectivity index (χ2v) is 3.49. The largest absolute Gasteiger partial charge is 0.446 e. The van der Waals surface area contributed by atoms with Crippen molar-refractivity contribution in [3.63, 3.8) is 0 Å². The van der Waals surface area contributed by atoms with Crippen LogP contribution in [0.25, 0.3) is 0 Å². The van der Waals surface area contributed by atoms with E-state index in [0.29, 0.717) is 12.8 Å². The summed E-state index contributed by atoms with van der Waals surface area (Å²) < 4.78 is 18.1. The molecule has 1 amide bonds. The highest BCUT2D eigenvalue weighted by Crippen LogP contribution is 2.32. The molecule has 0 aromatic heterocycles. The SMILES string of the molecule is NC(=O)OCC1(F)CCC(O)CC1. The minimum absolute atomic E-state index is 0.224. The lowest BCUT2D eigenvalue weighted by atomic mass is 9.85. The zero-order valence-electron chi connectivity index (χ0n) is 7.33. The van der Waals surface area contributed by atoms with Crippen LogP contribution in [-0.4, -0.2) is 29.6 Å². The summed E-state index contributed by atoms with van der Waals surface area (Å²) in [5.74, 6) is 0. The smallest absolute Gasteiger partial charge is 0.404 e. The maximum absolute atomic E-state index is 13.7. The van der Waals surface area contributed by atoms with Gasteiger partial charge < -0.3 is 15.6 Å². The number of ether oxygens (including phenoxy) is 1. The molecule has 1 fully saturated rings. The Morgan fingerprint density at radius 1 is 1.62 bits per heavy atom. The van der Waals surface area contributed by atoms with E-state index in [1.54, 1.807) is 0 Å². The first-order valence-corrected chi connectivity index (χ1v) is 4.31. The Hall–Kier alpha value is -0.840. The summed E-state index contributed by atoms with van der Waals surface area (Å²) in [5.41, 5.74) is 3.23. The van der Waals surface area contributed by atoms with Gasteiger partial charge in [0.25, 0.3) is 0 Å². The van der Waals surface area contributed by atoms with Crippen molar-refractivity contribution in [3.8, 4) is 0 Å². The quantitative estimate of drug-likeness (QED) is 0.675. The van der Waals surface area contributed by atoms with Gasteiger partial charge in [0.05, 0.1) is 6.10 Å². The molecule has 1 saturated carbocycles. The molecule has 76 valence electrons. The summed E-state index contributed by atoms with van der Waals surface area (Å²) in [5, 5.41) is 9.12. The molecule has 3 N–H and O–H groups in total. The topological polar surface area (TPSA) is 72.6 Å². The van der Waals surface area contributed by atoms with Gasteiger partial charge in [-0.25, -0.2) is 9.18 Å². The molecule has 1 aliphatic carbocycles. The Bertz CT molecular complexity index is 190. The van der Waals surface area contributed by atoms with E-state index in [2.05, 4.69) is 4.74 Å². The molecule has 0 aromatic carbocycles. The van der Waals surface area contributed by atoms with E-state index < -0.39 is 17.9 Å². The third kappa shape index (κ3) is 3.18. The molecule has 0 radical (unpaired) electrons. The van der Waals surface area contributed by atoms with E-state index in [-0.39, 0.29) is 19.4 Å². The highest BCUT2D eigenvalue weighted by Gasteiger charge is 2.35. The van der Waals surface area contributed by atoms with Crippen LogP contribution < -0.4 is 5.73 Å². The highest BCUT2D eigenvalue weighted by atomic mass is 19.1. The number of alkyl halides is 1. The zero-order chi connectivity index (χ0) is 9.90. The summed E-state index contributed by atoms with van der Waals surface area (Å²) >= 11 is 0. The van der Waals surface area contributed by atoms with Crippen LogP contribution in [0.2, 0.25) is 0 Å². The second kappa shape index (κ2) is 3.91. The van der Waals surface area contributed by atoms with Crippen molar-refractivity contribution in [1.29, 1.82) is 0 Å². The van der Waals surface area contributed by atoms with E-state index in [1.807, 2.05) is 0 Å². The third-order valence-corrected chi connectivity index (χ3v) is 2.32. The van der Waals surface area contributed by atoms with Gasteiger partial charge in [-0.3, -0.25) is 0 Å². The van der Waals surface area contributed by atoms with Crippen molar-refractivity contribution < 1.29 is 19.0 Å². The second-order valence-electron chi connectivity index (χ2n) is 3.49. The van der Waals surface area contributed by atoms with Crippen LogP contribution in [0.5, 0.6) is 0 Å². The van der Waals surface area contributed by atoms with Gasteiger partial charge in [-0.05, 0) is 25.7 Å². The third-order valence-electron chi connectivity index (χ3n) is 2.32. The van der Waals surface area contributed by atoms with Crippen molar-refractivity contribution in [2.45, 2.75) is 37.5 Å². The number of rotatable bonds is 2. The molecule has 4 nitrogen and oxygen atoms in total. The minimum atomic E-state index is -1.49. The fraction of sp³-hybridized carbons (Fsp3) is 0.875. The van der Waals surface area contributed by atoms with Gasteiger partial charge in [0.1, 0.15) is 12.3 Å². The molecule has 13 heavy (non-hydrogen) atoms. The van der Waals surface area contributed by atoms with Crippen LogP contribution in [0.1, 0.15) is 25.7 Å². The first-order chi connectivity index (χ1) is 6.02. The Labute approximate surface area is 75.9 Å². The maximum atomic E-state index is 13.7. The molecule has 0 aliphatic heterocycles. The number of hydrogen-bond acceptors (Lipinski definition) is 3. The van der Waals surface area contributed by atoms with Gasteiger partial charge >= 0.3 is 6.09 Å². The fourth-order valence-corrected chi connectivity index (χ4v) is 1.46. The minimum Gasteiger partial charge on any atom is -0.446 e. The standard InChI is InChI=1S/C8H14FNO3/c9-8(5-13-7(10)12)3-1-6(11)2-4-8/h6,11H,1-5H2,(H2,10,12). The van der Waals surface area contributed by atoms with Gasteiger partial charge in [0.2, 0.25) is 0 Å².